The third-order valence-corrected chi connectivity index (χ3v) is 4.89. The predicted molar refractivity (Wildman–Crippen MR) is 88.3 cm³/mol. The van der Waals surface area contributed by atoms with E-state index in [1.165, 1.54) is 25.7 Å². The van der Waals surface area contributed by atoms with Gasteiger partial charge >= 0.3 is 0 Å². The van der Waals surface area contributed by atoms with Crippen molar-refractivity contribution in [1.82, 2.24) is 5.32 Å². The summed E-state index contributed by atoms with van der Waals surface area (Å²) in [4.78, 5) is 2.30. The molecule has 0 amide bonds. The number of anilines is 1. The van der Waals surface area contributed by atoms with Gasteiger partial charge in [-0.2, -0.15) is 0 Å². The van der Waals surface area contributed by atoms with Crippen LogP contribution in [-0.2, 0) is 0 Å². The summed E-state index contributed by atoms with van der Waals surface area (Å²) in [5, 5.41) is 3.34. The van der Waals surface area contributed by atoms with Crippen molar-refractivity contribution in [3.05, 3.63) is 29.6 Å². The largest absolute Gasteiger partial charge is 0.371 e. The van der Waals surface area contributed by atoms with E-state index in [0.717, 1.165) is 23.7 Å². The first kappa shape index (κ1) is 16.3. The molecule has 1 aromatic rings. The van der Waals surface area contributed by atoms with Crippen LogP contribution in [-0.4, -0.2) is 19.6 Å². The van der Waals surface area contributed by atoms with E-state index in [4.69, 9.17) is 0 Å². The van der Waals surface area contributed by atoms with Gasteiger partial charge < -0.3 is 10.2 Å². The first-order chi connectivity index (χ1) is 10.0. The van der Waals surface area contributed by atoms with Crippen LogP contribution in [0.25, 0.3) is 0 Å². The van der Waals surface area contributed by atoms with Crippen LogP contribution >= 0.6 is 0 Å². The number of benzene rings is 1. The van der Waals surface area contributed by atoms with Crippen molar-refractivity contribution in [2.45, 2.75) is 58.5 Å². The van der Waals surface area contributed by atoms with Gasteiger partial charge in [-0.15, -0.1) is 0 Å². The highest BCUT2D eigenvalue weighted by Crippen LogP contribution is 2.34. The minimum atomic E-state index is -0.100. The van der Waals surface area contributed by atoms with Crippen LogP contribution in [0.1, 0.15) is 58.1 Å². The van der Waals surface area contributed by atoms with Crippen molar-refractivity contribution in [2.24, 2.45) is 5.92 Å². The molecule has 0 aliphatic heterocycles. The lowest BCUT2D eigenvalue weighted by molar-refractivity contribution is 0.340. The Bertz CT molecular complexity index is 453. The molecule has 0 heterocycles. The highest BCUT2D eigenvalue weighted by molar-refractivity contribution is 5.55. The van der Waals surface area contributed by atoms with Gasteiger partial charge in [0.2, 0.25) is 0 Å². The van der Waals surface area contributed by atoms with Crippen LogP contribution in [0.4, 0.5) is 10.1 Å². The fourth-order valence-electron chi connectivity index (χ4n) is 3.50. The van der Waals surface area contributed by atoms with Crippen LogP contribution in [0.15, 0.2) is 18.2 Å². The Labute approximate surface area is 128 Å². The first-order valence-corrected chi connectivity index (χ1v) is 8.29. The van der Waals surface area contributed by atoms with Gasteiger partial charge in [-0.1, -0.05) is 19.9 Å². The third kappa shape index (κ3) is 3.76. The molecule has 1 aliphatic rings. The van der Waals surface area contributed by atoms with Crippen molar-refractivity contribution in [1.29, 1.82) is 0 Å². The Morgan fingerprint density at radius 3 is 2.57 bits per heavy atom. The third-order valence-electron chi connectivity index (χ3n) is 4.89. The lowest BCUT2D eigenvalue weighted by Gasteiger charge is -2.37. The smallest absolute Gasteiger partial charge is 0.130 e. The molecule has 2 nitrogen and oxygen atoms in total. The van der Waals surface area contributed by atoms with E-state index in [9.17, 15) is 4.39 Å². The molecule has 1 fully saturated rings. The summed E-state index contributed by atoms with van der Waals surface area (Å²) in [5.41, 5.74) is 1.85. The van der Waals surface area contributed by atoms with Crippen molar-refractivity contribution in [2.75, 3.05) is 18.5 Å². The van der Waals surface area contributed by atoms with Gasteiger partial charge in [-0.05, 0) is 57.2 Å². The molecule has 1 aliphatic carbocycles. The summed E-state index contributed by atoms with van der Waals surface area (Å²) < 4.78 is 14.3. The first-order valence-electron chi connectivity index (χ1n) is 8.29. The maximum atomic E-state index is 14.3. The van der Waals surface area contributed by atoms with E-state index >= 15 is 0 Å². The number of rotatable bonds is 5. The molecule has 1 atom stereocenters. The molecule has 1 saturated carbocycles. The zero-order valence-corrected chi connectivity index (χ0v) is 13.8. The lowest BCUT2D eigenvalue weighted by Crippen LogP contribution is -2.36. The molecule has 21 heavy (non-hydrogen) atoms. The summed E-state index contributed by atoms with van der Waals surface area (Å²) in [5.74, 6) is 0.735. The van der Waals surface area contributed by atoms with Gasteiger partial charge in [-0.3, -0.25) is 0 Å². The van der Waals surface area contributed by atoms with Crippen LogP contribution in [0, 0.1) is 11.7 Å². The lowest BCUT2D eigenvalue weighted by atomic mass is 9.86. The van der Waals surface area contributed by atoms with E-state index in [2.05, 4.69) is 37.2 Å². The standard InChI is InChI=1S/C18H29FN2/c1-5-20-14(3)18-16(19)7-6-8-17(18)21(4)15-11-9-13(2)10-12-15/h6-8,13-15,20H,5,9-12H2,1-4H3. The summed E-state index contributed by atoms with van der Waals surface area (Å²) in [6, 6.07) is 6.04. The average Bonchev–Trinajstić information content (AvgIpc) is 2.47. The molecule has 1 unspecified atom stereocenters. The molecule has 0 bridgehead atoms. The van der Waals surface area contributed by atoms with Gasteiger partial charge in [0.1, 0.15) is 5.82 Å². The molecule has 0 radical (unpaired) electrons. The second-order valence-electron chi connectivity index (χ2n) is 6.48. The normalized spacial score (nSPS) is 23.9. The summed E-state index contributed by atoms with van der Waals surface area (Å²) >= 11 is 0. The minimum Gasteiger partial charge on any atom is -0.371 e. The van der Waals surface area contributed by atoms with E-state index < -0.39 is 0 Å². The van der Waals surface area contributed by atoms with Crippen LogP contribution in [0.5, 0.6) is 0 Å². The quantitative estimate of drug-likeness (QED) is 0.859. The number of halogens is 1. The molecule has 3 heteroatoms. The Kier molecular flexibility index (Phi) is 5.63. The molecule has 1 N–H and O–H groups in total. The molecule has 2 rings (SSSR count). The van der Waals surface area contributed by atoms with Crippen LogP contribution < -0.4 is 10.2 Å². The fraction of sp³-hybridized carbons (Fsp3) is 0.667. The minimum absolute atomic E-state index is 0.0381. The van der Waals surface area contributed by atoms with E-state index in [1.54, 1.807) is 6.07 Å². The van der Waals surface area contributed by atoms with Crippen molar-refractivity contribution in [3.8, 4) is 0 Å². The van der Waals surface area contributed by atoms with Crippen LogP contribution in [0.2, 0.25) is 0 Å². The van der Waals surface area contributed by atoms with E-state index in [1.807, 2.05) is 13.0 Å². The van der Waals surface area contributed by atoms with Gasteiger partial charge in [0.25, 0.3) is 0 Å². The second-order valence-corrected chi connectivity index (χ2v) is 6.48. The molecule has 1 aromatic carbocycles. The van der Waals surface area contributed by atoms with Crippen molar-refractivity contribution in [3.63, 3.8) is 0 Å². The van der Waals surface area contributed by atoms with Crippen LogP contribution in [0.3, 0.4) is 0 Å². The van der Waals surface area contributed by atoms with E-state index in [0.29, 0.717) is 6.04 Å². The predicted octanol–water partition coefficient (Wildman–Crippen LogP) is 4.51. The van der Waals surface area contributed by atoms with Gasteiger partial charge in [0, 0.05) is 30.4 Å². The molecular weight excluding hydrogens is 263 g/mol. The monoisotopic (exact) mass is 292 g/mol. The maximum Gasteiger partial charge on any atom is 0.130 e. The number of hydrogen-bond donors (Lipinski definition) is 1. The Hall–Kier alpha value is -1.09. The number of nitrogens with one attached hydrogen (secondary N) is 1. The SMILES string of the molecule is CCNC(C)c1c(F)cccc1N(C)C1CCC(C)CC1. The highest BCUT2D eigenvalue weighted by atomic mass is 19.1. The zero-order valence-electron chi connectivity index (χ0n) is 13.8. The molecule has 0 aromatic heterocycles. The maximum absolute atomic E-state index is 14.3. The Morgan fingerprint density at radius 1 is 1.29 bits per heavy atom. The van der Waals surface area contributed by atoms with Gasteiger partial charge in [0.05, 0.1) is 0 Å². The highest BCUT2D eigenvalue weighted by Gasteiger charge is 2.25. The van der Waals surface area contributed by atoms with Crippen molar-refractivity contribution < 1.29 is 4.39 Å². The van der Waals surface area contributed by atoms with Crippen molar-refractivity contribution >= 4 is 5.69 Å². The average molecular weight is 292 g/mol. The van der Waals surface area contributed by atoms with Gasteiger partial charge in [0.15, 0.2) is 0 Å². The molecule has 0 spiro atoms. The summed E-state index contributed by atoms with van der Waals surface area (Å²) in [6.45, 7) is 7.28. The Morgan fingerprint density at radius 2 is 1.95 bits per heavy atom. The molecular formula is C18H29FN2. The second kappa shape index (κ2) is 7.26. The van der Waals surface area contributed by atoms with E-state index in [-0.39, 0.29) is 11.9 Å². The van der Waals surface area contributed by atoms with Gasteiger partial charge in [-0.25, -0.2) is 4.39 Å². The fourth-order valence-corrected chi connectivity index (χ4v) is 3.50. The summed E-state index contributed by atoms with van der Waals surface area (Å²) in [6.07, 6.45) is 4.98. The number of nitrogens with zero attached hydrogens (tertiary/aromatic N) is 1. The summed E-state index contributed by atoms with van der Waals surface area (Å²) in [7, 11) is 2.12. The molecule has 0 saturated heterocycles. The molecule has 118 valence electrons. The zero-order chi connectivity index (χ0) is 15.4. The number of hydrogen-bond acceptors (Lipinski definition) is 2. The topological polar surface area (TPSA) is 15.3 Å². The Balaban J connectivity index is 2.24.